The summed E-state index contributed by atoms with van der Waals surface area (Å²) in [7, 11) is 2.83. The Morgan fingerprint density at radius 1 is 1.28 bits per heavy atom. The van der Waals surface area contributed by atoms with Gasteiger partial charge in [0.05, 0.1) is 11.8 Å². The largest absolute Gasteiger partial charge is 0.399 e. The highest BCUT2D eigenvalue weighted by Crippen LogP contribution is 2.30. The van der Waals surface area contributed by atoms with Crippen LogP contribution in [-0.4, -0.2) is 29.0 Å². The van der Waals surface area contributed by atoms with Gasteiger partial charge in [-0.3, -0.25) is 9.48 Å². The number of alkyl halides is 2. The maximum atomic E-state index is 13.7. The van der Waals surface area contributed by atoms with Crippen molar-refractivity contribution < 1.29 is 22.8 Å². The minimum atomic E-state index is -2.90. The van der Waals surface area contributed by atoms with Crippen LogP contribution in [0.15, 0.2) is 53.8 Å². The average molecular weight is 402 g/mol. The number of nitrogens with zero attached hydrogens (tertiary/aromatic N) is 3. The summed E-state index contributed by atoms with van der Waals surface area (Å²) in [6.45, 7) is 0. The van der Waals surface area contributed by atoms with Gasteiger partial charge in [0.1, 0.15) is 18.6 Å². The first kappa shape index (κ1) is 20.1. The van der Waals surface area contributed by atoms with Gasteiger partial charge >= 0.3 is 0 Å². The molecule has 3 aromatic rings. The van der Waals surface area contributed by atoms with Gasteiger partial charge in [0.2, 0.25) is 0 Å². The van der Waals surface area contributed by atoms with E-state index in [1.165, 1.54) is 44.8 Å². The molecule has 0 saturated heterocycles. The highest BCUT2D eigenvalue weighted by molar-refractivity contribution is 6.07. The molecule has 29 heavy (non-hydrogen) atoms. The molecule has 0 bridgehead atoms. The number of anilines is 1. The van der Waals surface area contributed by atoms with Crippen molar-refractivity contribution in [1.29, 1.82) is 0 Å². The van der Waals surface area contributed by atoms with Crippen molar-refractivity contribution in [1.82, 2.24) is 9.78 Å². The number of hydrogen-bond acceptors (Lipinski definition) is 4. The Hall–Kier alpha value is -3.62. The molecule has 2 aromatic carbocycles. The standard InChI is InChI=1S/C20H17F3N4O2/c1-27-11-16(18(26-27)19(22)23)20(28)25-17-8-12(10-24-29-2)6-7-15(17)13-4-3-5-14(21)9-13/h3-11,19H,1-2H3,(H,25,28). The van der Waals surface area contributed by atoms with E-state index in [-0.39, 0.29) is 5.56 Å². The number of nitrogens with one attached hydrogen (secondary N) is 1. The topological polar surface area (TPSA) is 68.5 Å². The second-order valence-electron chi connectivity index (χ2n) is 6.09. The number of carbonyl (C=O) groups is 1. The fourth-order valence-corrected chi connectivity index (χ4v) is 2.80. The highest BCUT2D eigenvalue weighted by atomic mass is 19.3. The normalized spacial score (nSPS) is 11.2. The summed E-state index contributed by atoms with van der Waals surface area (Å²) in [5.74, 6) is -1.20. The fourth-order valence-electron chi connectivity index (χ4n) is 2.80. The number of carbonyl (C=O) groups excluding carboxylic acids is 1. The van der Waals surface area contributed by atoms with Crippen LogP contribution in [-0.2, 0) is 11.9 Å². The van der Waals surface area contributed by atoms with Gasteiger partial charge in [0.25, 0.3) is 12.3 Å². The van der Waals surface area contributed by atoms with Gasteiger partial charge in [0, 0.05) is 24.5 Å². The number of hydrogen-bond donors (Lipinski definition) is 1. The summed E-state index contributed by atoms with van der Waals surface area (Å²) in [5, 5.41) is 9.93. The first-order valence-corrected chi connectivity index (χ1v) is 8.48. The van der Waals surface area contributed by atoms with Gasteiger partial charge in [-0.15, -0.1) is 0 Å². The van der Waals surface area contributed by atoms with Crippen LogP contribution in [0.3, 0.4) is 0 Å². The highest BCUT2D eigenvalue weighted by Gasteiger charge is 2.23. The summed E-state index contributed by atoms with van der Waals surface area (Å²) >= 11 is 0. The first-order valence-electron chi connectivity index (χ1n) is 8.48. The number of aryl methyl sites for hydroxylation is 1. The summed E-state index contributed by atoms with van der Waals surface area (Å²) in [6.07, 6.45) is -0.269. The molecule has 150 valence electrons. The van der Waals surface area contributed by atoms with E-state index < -0.39 is 23.8 Å². The fraction of sp³-hybridized carbons (Fsp3) is 0.150. The molecule has 3 rings (SSSR count). The third-order valence-corrected chi connectivity index (χ3v) is 4.04. The van der Waals surface area contributed by atoms with Crippen molar-refractivity contribution in [2.75, 3.05) is 12.4 Å². The lowest BCUT2D eigenvalue weighted by atomic mass is 10.0. The zero-order valence-corrected chi connectivity index (χ0v) is 15.6. The van der Waals surface area contributed by atoms with Crippen LogP contribution in [0.1, 0.15) is 28.0 Å². The van der Waals surface area contributed by atoms with Crippen molar-refractivity contribution in [3.05, 3.63) is 71.3 Å². The van der Waals surface area contributed by atoms with Crippen LogP contribution in [0.4, 0.5) is 18.9 Å². The SMILES string of the molecule is CON=Cc1ccc(-c2cccc(F)c2)c(NC(=O)c2cn(C)nc2C(F)F)c1. The minimum Gasteiger partial charge on any atom is -0.399 e. The van der Waals surface area contributed by atoms with Crippen molar-refractivity contribution in [2.24, 2.45) is 12.2 Å². The van der Waals surface area contributed by atoms with Gasteiger partial charge in [-0.25, -0.2) is 13.2 Å². The van der Waals surface area contributed by atoms with E-state index in [1.54, 1.807) is 24.3 Å². The van der Waals surface area contributed by atoms with E-state index in [4.69, 9.17) is 0 Å². The summed E-state index contributed by atoms with van der Waals surface area (Å²) < 4.78 is 41.2. The second-order valence-corrected chi connectivity index (χ2v) is 6.09. The van der Waals surface area contributed by atoms with E-state index in [1.807, 2.05) is 0 Å². The Labute approximate surface area is 164 Å². The number of oxime groups is 1. The molecule has 1 amide bonds. The van der Waals surface area contributed by atoms with Crippen LogP contribution in [0, 0.1) is 5.82 Å². The number of benzene rings is 2. The maximum absolute atomic E-state index is 13.7. The third kappa shape index (κ3) is 4.63. The number of rotatable bonds is 6. The van der Waals surface area contributed by atoms with Crippen molar-refractivity contribution in [3.8, 4) is 11.1 Å². The second kappa shape index (κ2) is 8.59. The van der Waals surface area contributed by atoms with E-state index in [0.717, 1.165) is 4.68 Å². The van der Waals surface area contributed by atoms with Crippen molar-refractivity contribution >= 4 is 17.8 Å². The molecule has 0 unspecified atom stereocenters. The summed E-state index contributed by atoms with van der Waals surface area (Å²) in [4.78, 5) is 17.3. The molecule has 0 radical (unpaired) electrons. The van der Waals surface area contributed by atoms with Gasteiger partial charge in [-0.2, -0.15) is 5.10 Å². The molecule has 0 aliphatic carbocycles. The quantitative estimate of drug-likeness (QED) is 0.491. The predicted octanol–water partition coefficient (Wildman–Crippen LogP) is 4.40. The monoisotopic (exact) mass is 402 g/mol. The molecule has 0 aliphatic rings. The molecule has 0 fully saturated rings. The van der Waals surface area contributed by atoms with Crippen LogP contribution < -0.4 is 5.32 Å². The Balaban J connectivity index is 2.04. The minimum absolute atomic E-state index is 0.247. The molecule has 0 spiro atoms. The van der Waals surface area contributed by atoms with E-state index in [9.17, 15) is 18.0 Å². The van der Waals surface area contributed by atoms with Crippen LogP contribution >= 0.6 is 0 Å². The summed E-state index contributed by atoms with van der Waals surface area (Å²) in [6, 6.07) is 10.8. The van der Waals surface area contributed by atoms with Gasteiger partial charge in [-0.1, -0.05) is 29.4 Å². The predicted molar refractivity (Wildman–Crippen MR) is 103 cm³/mol. The molecule has 9 heteroatoms. The van der Waals surface area contributed by atoms with Crippen LogP contribution in [0.5, 0.6) is 0 Å². The molecule has 6 nitrogen and oxygen atoms in total. The maximum Gasteiger partial charge on any atom is 0.282 e. The first-order chi connectivity index (χ1) is 13.9. The van der Waals surface area contributed by atoms with E-state index in [0.29, 0.717) is 22.4 Å². The zero-order valence-electron chi connectivity index (χ0n) is 15.6. The molecular weight excluding hydrogens is 385 g/mol. The lowest BCUT2D eigenvalue weighted by Gasteiger charge is -2.13. The Bertz CT molecular complexity index is 1060. The molecule has 0 aliphatic heterocycles. The Morgan fingerprint density at radius 3 is 2.76 bits per heavy atom. The Morgan fingerprint density at radius 2 is 2.07 bits per heavy atom. The van der Waals surface area contributed by atoms with Gasteiger partial charge < -0.3 is 10.2 Å². The number of amides is 1. The van der Waals surface area contributed by atoms with Gasteiger partial charge in [-0.05, 0) is 29.3 Å². The molecule has 1 N–H and O–H groups in total. The molecule has 1 heterocycles. The van der Waals surface area contributed by atoms with Crippen molar-refractivity contribution in [2.45, 2.75) is 6.43 Å². The van der Waals surface area contributed by atoms with Crippen LogP contribution in [0.2, 0.25) is 0 Å². The van der Waals surface area contributed by atoms with E-state index >= 15 is 0 Å². The lowest BCUT2D eigenvalue weighted by molar-refractivity contribution is 0.101. The van der Waals surface area contributed by atoms with Crippen molar-refractivity contribution in [3.63, 3.8) is 0 Å². The smallest absolute Gasteiger partial charge is 0.282 e. The molecule has 1 aromatic heterocycles. The third-order valence-electron chi connectivity index (χ3n) is 4.04. The van der Waals surface area contributed by atoms with E-state index in [2.05, 4.69) is 20.4 Å². The molecular formula is C20H17F3N4O2. The number of halogens is 3. The average Bonchev–Trinajstić information content (AvgIpc) is 3.09. The van der Waals surface area contributed by atoms with Crippen LogP contribution in [0.25, 0.3) is 11.1 Å². The lowest BCUT2D eigenvalue weighted by Crippen LogP contribution is -2.14. The number of aromatic nitrogens is 2. The molecule has 0 atom stereocenters. The zero-order chi connectivity index (χ0) is 21.0. The van der Waals surface area contributed by atoms with Gasteiger partial charge in [0.15, 0.2) is 0 Å². The Kier molecular flexibility index (Phi) is 5.96. The molecule has 0 saturated carbocycles. The summed E-state index contributed by atoms with van der Waals surface area (Å²) in [5.41, 5.74) is 1.04.